The van der Waals surface area contributed by atoms with Crippen molar-refractivity contribution in [3.63, 3.8) is 0 Å². The molecule has 2 rings (SSSR count). The van der Waals surface area contributed by atoms with Crippen LogP contribution in [-0.2, 0) is 19.9 Å². The molecule has 0 aromatic heterocycles. The number of urea groups is 1. The second-order valence-electron chi connectivity index (χ2n) is 7.20. The molecule has 8 nitrogen and oxygen atoms in total. The summed E-state index contributed by atoms with van der Waals surface area (Å²) >= 11 is 0. The lowest BCUT2D eigenvalue weighted by molar-refractivity contribution is -0.140. The maximum Gasteiger partial charge on any atom is 0.325 e. The molecule has 0 spiro atoms. The van der Waals surface area contributed by atoms with Crippen molar-refractivity contribution >= 4 is 23.8 Å². The number of carbonyl (C=O) groups is 4. The van der Waals surface area contributed by atoms with Gasteiger partial charge in [-0.1, -0.05) is 0 Å². The Balaban J connectivity index is 2.18. The van der Waals surface area contributed by atoms with Crippen molar-refractivity contribution in [2.75, 3.05) is 19.6 Å². The average Bonchev–Trinajstić information content (AvgIpc) is 2.84. The highest BCUT2D eigenvalue weighted by Gasteiger charge is 2.51. The first-order valence-electron chi connectivity index (χ1n) is 9.16. The number of imide groups is 1. The van der Waals surface area contributed by atoms with Crippen molar-refractivity contribution in [3.05, 3.63) is 35.4 Å². The van der Waals surface area contributed by atoms with Gasteiger partial charge in [-0.05, 0) is 45.9 Å². The van der Waals surface area contributed by atoms with Gasteiger partial charge in [0.25, 0.3) is 5.91 Å². The molecule has 0 radical (unpaired) electrons. The summed E-state index contributed by atoms with van der Waals surface area (Å²) in [4.78, 5) is 51.4. The van der Waals surface area contributed by atoms with E-state index in [9.17, 15) is 28.0 Å². The Labute approximate surface area is 167 Å². The summed E-state index contributed by atoms with van der Waals surface area (Å²) in [6, 6.07) is 1.57. The minimum absolute atomic E-state index is 0.107. The van der Waals surface area contributed by atoms with E-state index in [0.717, 1.165) is 18.2 Å². The second-order valence-corrected chi connectivity index (χ2v) is 7.20. The fraction of sp³-hybridized carbons (Fsp3) is 0.474. The van der Waals surface area contributed by atoms with Crippen LogP contribution in [0.15, 0.2) is 18.2 Å². The summed E-state index contributed by atoms with van der Waals surface area (Å²) < 4.78 is 27.7. The molecule has 1 saturated heterocycles. The molecule has 0 aliphatic carbocycles. The van der Waals surface area contributed by atoms with E-state index in [-0.39, 0.29) is 30.6 Å². The van der Waals surface area contributed by atoms with E-state index in [1.54, 1.807) is 20.8 Å². The molecular formula is C19H24F2N4O4. The lowest BCUT2D eigenvalue weighted by Crippen LogP contribution is -2.48. The van der Waals surface area contributed by atoms with Gasteiger partial charge in [-0.3, -0.25) is 19.3 Å². The maximum absolute atomic E-state index is 14.2. The molecule has 1 aromatic rings. The quantitative estimate of drug-likeness (QED) is 0.658. The zero-order chi connectivity index (χ0) is 21.9. The number of rotatable bonds is 7. The zero-order valence-electron chi connectivity index (χ0n) is 16.7. The SMILES string of the molecule is CCN(CC(=O)NC(C)C)C(=O)CN1C(=O)NC(C)(c2cc(F)ccc2F)C1=O. The fourth-order valence-corrected chi connectivity index (χ4v) is 3.06. The van der Waals surface area contributed by atoms with Gasteiger partial charge in [0, 0.05) is 18.2 Å². The third-order valence-corrected chi connectivity index (χ3v) is 4.55. The lowest BCUT2D eigenvalue weighted by Gasteiger charge is -2.25. The fourth-order valence-electron chi connectivity index (χ4n) is 3.06. The van der Waals surface area contributed by atoms with Gasteiger partial charge < -0.3 is 15.5 Å². The molecule has 5 amide bonds. The molecule has 0 bridgehead atoms. The second kappa shape index (κ2) is 8.54. The van der Waals surface area contributed by atoms with Crippen LogP contribution in [0.1, 0.15) is 33.3 Å². The molecule has 1 atom stereocenters. The average molecular weight is 410 g/mol. The molecule has 1 unspecified atom stereocenters. The van der Waals surface area contributed by atoms with Crippen LogP contribution in [0.4, 0.5) is 13.6 Å². The number of halogens is 2. The zero-order valence-corrected chi connectivity index (χ0v) is 16.7. The van der Waals surface area contributed by atoms with Crippen molar-refractivity contribution in [1.29, 1.82) is 0 Å². The normalized spacial score (nSPS) is 18.8. The molecule has 1 aliphatic heterocycles. The van der Waals surface area contributed by atoms with Crippen LogP contribution in [0.5, 0.6) is 0 Å². The van der Waals surface area contributed by atoms with Crippen LogP contribution < -0.4 is 10.6 Å². The number of amides is 5. The smallest absolute Gasteiger partial charge is 0.325 e. The monoisotopic (exact) mass is 410 g/mol. The van der Waals surface area contributed by atoms with Crippen LogP contribution in [-0.4, -0.2) is 59.2 Å². The van der Waals surface area contributed by atoms with Gasteiger partial charge in [-0.15, -0.1) is 0 Å². The summed E-state index contributed by atoms with van der Waals surface area (Å²) in [5.74, 6) is -3.52. The van der Waals surface area contributed by atoms with E-state index in [2.05, 4.69) is 10.6 Å². The largest absolute Gasteiger partial charge is 0.352 e. The Morgan fingerprint density at radius 2 is 1.93 bits per heavy atom. The number of nitrogens with zero attached hydrogens (tertiary/aromatic N) is 2. The molecule has 2 N–H and O–H groups in total. The van der Waals surface area contributed by atoms with Gasteiger partial charge in [0.1, 0.15) is 23.7 Å². The molecule has 29 heavy (non-hydrogen) atoms. The van der Waals surface area contributed by atoms with Crippen LogP contribution >= 0.6 is 0 Å². The Morgan fingerprint density at radius 1 is 1.28 bits per heavy atom. The number of hydrogen-bond donors (Lipinski definition) is 2. The Kier molecular flexibility index (Phi) is 6.55. The Hall–Kier alpha value is -3.04. The van der Waals surface area contributed by atoms with Gasteiger partial charge >= 0.3 is 6.03 Å². The van der Waals surface area contributed by atoms with Gasteiger partial charge in [0.2, 0.25) is 11.8 Å². The van der Waals surface area contributed by atoms with Crippen molar-refractivity contribution in [1.82, 2.24) is 20.4 Å². The third kappa shape index (κ3) is 4.69. The maximum atomic E-state index is 14.2. The van der Waals surface area contributed by atoms with Crippen LogP contribution in [0.2, 0.25) is 0 Å². The molecule has 1 aromatic carbocycles. The summed E-state index contributed by atoms with van der Waals surface area (Å²) in [6.45, 7) is 5.77. The topological polar surface area (TPSA) is 98.8 Å². The first-order chi connectivity index (χ1) is 13.5. The number of likely N-dealkylation sites (N-methyl/N-ethyl adjacent to an activating group) is 1. The van der Waals surface area contributed by atoms with Crippen molar-refractivity contribution in [3.8, 4) is 0 Å². The molecule has 10 heteroatoms. The van der Waals surface area contributed by atoms with E-state index in [1.165, 1.54) is 11.8 Å². The Morgan fingerprint density at radius 3 is 2.52 bits per heavy atom. The van der Waals surface area contributed by atoms with E-state index in [1.807, 2.05) is 0 Å². The van der Waals surface area contributed by atoms with Gasteiger partial charge in [0.15, 0.2) is 0 Å². The molecule has 1 fully saturated rings. The van der Waals surface area contributed by atoms with Crippen molar-refractivity contribution < 1.29 is 28.0 Å². The number of benzene rings is 1. The van der Waals surface area contributed by atoms with E-state index >= 15 is 0 Å². The lowest BCUT2D eigenvalue weighted by atomic mass is 9.91. The third-order valence-electron chi connectivity index (χ3n) is 4.55. The highest BCUT2D eigenvalue weighted by Crippen LogP contribution is 2.31. The van der Waals surface area contributed by atoms with Gasteiger partial charge in [-0.2, -0.15) is 0 Å². The number of hydrogen-bond acceptors (Lipinski definition) is 4. The predicted molar refractivity (Wildman–Crippen MR) is 99.5 cm³/mol. The molecule has 1 aliphatic rings. The Bertz CT molecular complexity index is 845. The number of carbonyl (C=O) groups excluding carboxylic acids is 4. The highest BCUT2D eigenvalue weighted by atomic mass is 19.1. The van der Waals surface area contributed by atoms with Crippen LogP contribution in [0, 0.1) is 11.6 Å². The van der Waals surface area contributed by atoms with E-state index in [4.69, 9.17) is 0 Å². The summed E-state index contributed by atoms with van der Waals surface area (Å²) in [5, 5.41) is 4.97. The van der Waals surface area contributed by atoms with E-state index in [0.29, 0.717) is 4.90 Å². The summed E-state index contributed by atoms with van der Waals surface area (Å²) in [7, 11) is 0. The predicted octanol–water partition coefficient (Wildman–Crippen LogP) is 1.10. The summed E-state index contributed by atoms with van der Waals surface area (Å²) in [5.41, 5.74) is -2.19. The van der Waals surface area contributed by atoms with Gasteiger partial charge in [0.05, 0.1) is 6.54 Å². The van der Waals surface area contributed by atoms with E-state index < -0.39 is 41.6 Å². The van der Waals surface area contributed by atoms with Crippen molar-refractivity contribution in [2.45, 2.75) is 39.3 Å². The molecular weight excluding hydrogens is 386 g/mol. The number of nitrogens with one attached hydrogen (secondary N) is 2. The first kappa shape index (κ1) is 22.3. The van der Waals surface area contributed by atoms with Crippen molar-refractivity contribution in [2.24, 2.45) is 0 Å². The molecule has 158 valence electrons. The minimum atomic E-state index is -1.85. The standard InChI is InChI=1S/C19H24F2N4O4/c1-5-24(9-15(26)22-11(2)3)16(27)10-25-17(28)19(4,23-18(25)29)13-8-12(20)6-7-14(13)21/h6-8,11H,5,9-10H2,1-4H3,(H,22,26)(H,23,29). The molecule has 0 saturated carbocycles. The minimum Gasteiger partial charge on any atom is -0.352 e. The highest BCUT2D eigenvalue weighted by molar-refractivity contribution is 6.09. The van der Waals surface area contributed by atoms with Crippen LogP contribution in [0.3, 0.4) is 0 Å². The van der Waals surface area contributed by atoms with Crippen LogP contribution in [0.25, 0.3) is 0 Å². The van der Waals surface area contributed by atoms with Gasteiger partial charge in [-0.25, -0.2) is 13.6 Å². The summed E-state index contributed by atoms with van der Waals surface area (Å²) in [6.07, 6.45) is 0. The first-order valence-corrected chi connectivity index (χ1v) is 9.16. The molecule has 1 heterocycles.